The summed E-state index contributed by atoms with van der Waals surface area (Å²) in [6.07, 6.45) is 3.88. The van der Waals surface area contributed by atoms with Crippen LogP contribution in [0.5, 0.6) is 0 Å². The standard InChI is InChI=1S/C9H12N2O4S2/c1-4-15-8(12)6-5-10-9(16-2)11-7(6)17(3,13)14/h5H,4H2,1-3H3. The van der Waals surface area contributed by atoms with Crippen LogP contribution in [0.2, 0.25) is 0 Å². The molecule has 17 heavy (non-hydrogen) atoms. The van der Waals surface area contributed by atoms with Crippen molar-refractivity contribution >= 4 is 27.6 Å². The minimum Gasteiger partial charge on any atom is -0.462 e. The molecule has 1 aromatic rings. The van der Waals surface area contributed by atoms with Crippen molar-refractivity contribution in [3.8, 4) is 0 Å². The third-order valence-electron chi connectivity index (χ3n) is 1.76. The predicted molar refractivity (Wildman–Crippen MR) is 62.9 cm³/mol. The number of carbonyl (C=O) groups excluding carboxylic acids is 1. The minimum absolute atomic E-state index is 0.132. The summed E-state index contributed by atoms with van der Waals surface area (Å²) in [4.78, 5) is 19.2. The van der Waals surface area contributed by atoms with E-state index in [0.717, 1.165) is 6.26 Å². The van der Waals surface area contributed by atoms with Crippen LogP contribution >= 0.6 is 11.8 Å². The van der Waals surface area contributed by atoms with Gasteiger partial charge in [0.15, 0.2) is 20.0 Å². The van der Waals surface area contributed by atoms with Crippen molar-refractivity contribution in [2.45, 2.75) is 17.1 Å². The zero-order valence-electron chi connectivity index (χ0n) is 9.63. The van der Waals surface area contributed by atoms with Gasteiger partial charge in [0.1, 0.15) is 5.56 Å². The second-order valence-corrected chi connectivity index (χ2v) is 5.77. The monoisotopic (exact) mass is 276 g/mol. The molecule has 8 heteroatoms. The number of carbonyl (C=O) groups is 1. The highest BCUT2D eigenvalue weighted by Gasteiger charge is 2.22. The Kier molecular flexibility index (Phi) is 4.47. The van der Waals surface area contributed by atoms with E-state index < -0.39 is 15.8 Å². The van der Waals surface area contributed by atoms with Gasteiger partial charge < -0.3 is 4.74 Å². The molecule has 1 aromatic heterocycles. The van der Waals surface area contributed by atoms with E-state index in [2.05, 4.69) is 9.97 Å². The van der Waals surface area contributed by atoms with Crippen LogP contribution in [0.3, 0.4) is 0 Å². The van der Waals surface area contributed by atoms with Crippen molar-refractivity contribution < 1.29 is 17.9 Å². The lowest BCUT2D eigenvalue weighted by Crippen LogP contribution is -2.14. The SMILES string of the molecule is CCOC(=O)c1cnc(SC)nc1S(C)(=O)=O. The van der Waals surface area contributed by atoms with Crippen LogP contribution in [0.4, 0.5) is 0 Å². The number of rotatable bonds is 4. The number of aromatic nitrogens is 2. The molecule has 1 rings (SSSR count). The van der Waals surface area contributed by atoms with Crippen LogP contribution in [0.1, 0.15) is 17.3 Å². The average molecular weight is 276 g/mol. The van der Waals surface area contributed by atoms with Crippen LogP contribution in [0.25, 0.3) is 0 Å². The van der Waals surface area contributed by atoms with Crippen molar-refractivity contribution in [2.24, 2.45) is 0 Å². The van der Waals surface area contributed by atoms with E-state index in [1.165, 1.54) is 18.0 Å². The third kappa shape index (κ3) is 3.40. The molecular formula is C9H12N2O4S2. The van der Waals surface area contributed by atoms with Gasteiger partial charge in [-0.15, -0.1) is 0 Å². The fourth-order valence-electron chi connectivity index (χ4n) is 1.08. The van der Waals surface area contributed by atoms with Gasteiger partial charge in [-0.05, 0) is 13.2 Å². The quantitative estimate of drug-likeness (QED) is 0.347. The third-order valence-corrected chi connectivity index (χ3v) is 3.34. The average Bonchev–Trinajstić information content (AvgIpc) is 2.27. The second kappa shape index (κ2) is 5.46. The largest absolute Gasteiger partial charge is 0.462 e. The van der Waals surface area contributed by atoms with Gasteiger partial charge in [-0.1, -0.05) is 11.8 Å². The topological polar surface area (TPSA) is 86.2 Å². The number of ether oxygens (including phenoxy) is 1. The van der Waals surface area contributed by atoms with Gasteiger partial charge in [0.05, 0.1) is 6.61 Å². The van der Waals surface area contributed by atoms with E-state index in [0.29, 0.717) is 5.16 Å². The summed E-state index contributed by atoms with van der Waals surface area (Å²) in [5.74, 6) is -0.736. The maximum Gasteiger partial charge on any atom is 0.342 e. The lowest BCUT2D eigenvalue weighted by molar-refractivity contribution is 0.0520. The predicted octanol–water partition coefficient (Wildman–Crippen LogP) is 0.779. The Labute approximate surface area is 104 Å². The number of hydrogen-bond acceptors (Lipinski definition) is 7. The van der Waals surface area contributed by atoms with Crippen molar-refractivity contribution in [1.29, 1.82) is 0 Å². The minimum atomic E-state index is -3.59. The molecule has 0 aliphatic heterocycles. The van der Waals surface area contributed by atoms with Crippen molar-refractivity contribution in [3.63, 3.8) is 0 Å². The number of hydrogen-bond donors (Lipinski definition) is 0. The Morgan fingerprint density at radius 2 is 2.18 bits per heavy atom. The summed E-state index contributed by atoms with van der Waals surface area (Å²) in [6.45, 7) is 1.79. The molecule has 0 aliphatic rings. The normalized spacial score (nSPS) is 11.2. The highest BCUT2D eigenvalue weighted by Crippen LogP contribution is 2.17. The van der Waals surface area contributed by atoms with E-state index in [-0.39, 0.29) is 17.2 Å². The maximum absolute atomic E-state index is 11.5. The van der Waals surface area contributed by atoms with Crippen LogP contribution in [0.15, 0.2) is 16.4 Å². The first-order valence-corrected chi connectivity index (χ1v) is 7.80. The molecule has 0 amide bonds. The van der Waals surface area contributed by atoms with Gasteiger partial charge in [0.2, 0.25) is 0 Å². The molecule has 0 aromatic carbocycles. The molecule has 0 atom stereocenters. The summed E-state index contributed by atoms with van der Waals surface area (Å²) in [5.41, 5.74) is -0.132. The highest BCUT2D eigenvalue weighted by atomic mass is 32.2. The van der Waals surface area contributed by atoms with E-state index in [9.17, 15) is 13.2 Å². The van der Waals surface area contributed by atoms with Crippen molar-refractivity contribution in [3.05, 3.63) is 11.8 Å². The highest BCUT2D eigenvalue weighted by molar-refractivity contribution is 7.98. The molecule has 0 radical (unpaired) electrons. The van der Waals surface area contributed by atoms with Crippen LogP contribution in [0, 0.1) is 0 Å². The van der Waals surface area contributed by atoms with Gasteiger partial charge in [-0.3, -0.25) is 0 Å². The first-order chi connectivity index (χ1) is 7.90. The molecule has 94 valence electrons. The van der Waals surface area contributed by atoms with E-state index in [1.807, 2.05) is 0 Å². The fourth-order valence-corrected chi connectivity index (χ4v) is 2.27. The lowest BCUT2D eigenvalue weighted by atomic mass is 10.3. The fraction of sp³-hybridized carbons (Fsp3) is 0.444. The number of thioether (sulfide) groups is 1. The van der Waals surface area contributed by atoms with Crippen molar-refractivity contribution in [1.82, 2.24) is 9.97 Å². The van der Waals surface area contributed by atoms with Gasteiger partial charge in [0.25, 0.3) is 0 Å². The molecular weight excluding hydrogens is 264 g/mol. The number of sulfone groups is 1. The molecule has 0 saturated heterocycles. The Balaban J connectivity index is 3.35. The summed E-state index contributed by atoms with van der Waals surface area (Å²) in [5, 5.41) is -0.00577. The van der Waals surface area contributed by atoms with Crippen LogP contribution in [-0.2, 0) is 14.6 Å². The summed E-state index contributed by atoms with van der Waals surface area (Å²) < 4.78 is 27.8. The number of nitrogens with zero attached hydrogens (tertiary/aromatic N) is 2. The molecule has 1 heterocycles. The van der Waals surface area contributed by atoms with E-state index in [4.69, 9.17) is 4.74 Å². The molecule has 0 N–H and O–H groups in total. The lowest BCUT2D eigenvalue weighted by Gasteiger charge is -2.06. The van der Waals surface area contributed by atoms with Crippen LogP contribution in [-0.4, -0.2) is 43.5 Å². The smallest absolute Gasteiger partial charge is 0.342 e. The first-order valence-electron chi connectivity index (χ1n) is 4.68. The molecule has 0 unspecified atom stereocenters. The first kappa shape index (κ1) is 13.9. The van der Waals surface area contributed by atoms with Gasteiger partial charge in [-0.25, -0.2) is 23.2 Å². The zero-order valence-corrected chi connectivity index (χ0v) is 11.3. The molecule has 0 bridgehead atoms. The van der Waals surface area contributed by atoms with Gasteiger partial charge >= 0.3 is 5.97 Å². The Hall–Kier alpha value is -1.15. The molecule has 0 saturated carbocycles. The van der Waals surface area contributed by atoms with Gasteiger partial charge in [0, 0.05) is 12.5 Å². The number of esters is 1. The molecule has 0 spiro atoms. The van der Waals surface area contributed by atoms with Gasteiger partial charge in [-0.2, -0.15) is 0 Å². The van der Waals surface area contributed by atoms with Crippen LogP contribution < -0.4 is 0 Å². The molecule has 0 fully saturated rings. The second-order valence-electron chi connectivity index (χ2n) is 3.07. The molecule has 6 nitrogen and oxygen atoms in total. The molecule has 0 aliphatic carbocycles. The Morgan fingerprint density at radius 3 is 2.65 bits per heavy atom. The maximum atomic E-state index is 11.5. The Morgan fingerprint density at radius 1 is 1.53 bits per heavy atom. The summed E-state index contributed by atoms with van der Waals surface area (Å²) in [6, 6.07) is 0. The summed E-state index contributed by atoms with van der Waals surface area (Å²) in [7, 11) is -3.59. The van der Waals surface area contributed by atoms with Crippen molar-refractivity contribution in [2.75, 3.05) is 19.1 Å². The summed E-state index contributed by atoms with van der Waals surface area (Å²) >= 11 is 1.19. The van der Waals surface area contributed by atoms with E-state index in [1.54, 1.807) is 13.2 Å². The van der Waals surface area contributed by atoms with E-state index >= 15 is 0 Å². The zero-order chi connectivity index (χ0) is 13.1. The Bertz CT molecular complexity index is 528.